The highest BCUT2D eigenvalue weighted by molar-refractivity contribution is 7.98. The number of carbonyl (C=O) groups excluding carboxylic acids is 1. The molecule has 1 rings (SSSR count). The number of amides is 1. The van der Waals surface area contributed by atoms with Gasteiger partial charge in [0.2, 0.25) is 0 Å². The van der Waals surface area contributed by atoms with Crippen molar-refractivity contribution in [1.29, 1.82) is 0 Å². The minimum Gasteiger partial charge on any atom is -0.394 e. The molecule has 1 atom stereocenters. The van der Waals surface area contributed by atoms with Crippen LogP contribution in [0.15, 0.2) is 23.4 Å². The van der Waals surface area contributed by atoms with Gasteiger partial charge in [0.25, 0.3) is 5.91 Å². The van der Waals surface area contributed by atoms with Crippen LogP contribution in [0.4, 0.5) is 0 Å². The number of thioether (sulfide) groups is 1. The lowest BCUT2D eigenvalue weighted by atomic mass is 9.88. The zero-order chi connectivity index (χ0) is 14.5. The fourth-order valence-electron chi connectivity index (χ4n) is 1.80. The Morgan fingerprint density at radius 2 is 2.16 bits per heavy atom. The van der Waals surface area contributed by atoms with Gasteiger partial charge in [-0.3, -0.25) is 4.79 Å². The smallest absolute Gasteiger partial charge is 0.253 e. The van der Waals surface area contributed by atoms with Crippen molar-refractivity contribution in [1.82, 2.24) is 10.3 Å². The number of nitrogens with one attached hydrogen (secondary N) is 1. The highest BCUT2D eigenvalue weighted by Gasteiger charge is 2.20. The zero-order valence-corrected chi connectivity index (χ0v) is 12.8. The number of rotatable bonds is 5. The number of carbonyl (C=O) groups is 1. The van der Waals surface area contributed by atoms with Gasteiger partial charge in [-0.25, -0.2) is 4.98 Å². The van der Waals surface area contributed by atoms with Crippen LogP contribution in [0.2, 0.25) is 0 Å². The quantitative estimate of drug-likeness (QED) is 0.814. The van der Waals surface area contributed by atoms with E-state index in [9.17, 15) is 9.90 Å². The second-order valence-corrected chi connectivity index (χ2v) is 6.53. The summed E-state index contributed by atoms with van der Waals surface area (Å²) in [6.07, 6.45) is 4.23. The Morgan fingerprint density at radius 3 is 2.58 bits per heavy atom. The van der Waals surface area contributed by atoms with Gasteiger partial charge in [0.15, 0.2) is 0 Å². The summed E-state index contributed by atoms with van der Waals surface area (Å²) < 4.78 is 0. The molecule has 0 radical (unpaired) electrons. The third-order valence-electron chi connectivity index (χ3n) is 2.62. The predicted molar refractivity (Wildman–Crippen MR) is 78.4 cm³/mol. The first kappa shape index (κ1) is 16.0. The molecule has 0 aliphatic rings. The number of aliphatic hydroxyl groups is 1. The first-order valence-corrected chi connectivity index (χ1v) is 7.50. The number of hydrogen-bond acceptors (Lipinski definition) is 4. The molecule has 0 aromatic carbocycles. The fraction of sp³-hybridized carbons (Fsp3) is 0.571. The third-order valence-corrected chi connectivity index (χ3v) is 3.28. The molecule has 4 nitrogen and oxygen atoms in total. The molecule has 0 aliphatic heterocycles. The highest BCUT2D eigenvalue weighted by atomic mass is 32.2. The van der Waals surface area contributed by atoms with Crippen LogP contribution < -0.4 is 5.32 Å². The molecule has 0 saturated heterocycles. The molecular formula is C14H22N2O2S. The van der Waals surface area contributed by atoms with Crippen LogP contribution in [-0.2, 0) is 0 Å². The topological polar surface area (TPSA) is 62.2 Å². The van der Waals surface area contributed by atoms with Crippen molar-refractivity contribution in [2.24, 2.45) is 5.41 Å². The molecule has 0 spiro atoms. The van der Waals surface area contributed by atoms with Crippen molar-refractivity contribution >= 4 is 17.7 Å². The molecule has 0 bridgehead atoms. The summed E-state index contributed by atoms with van der Waals surface area (Å²) in [6.45, 7) is 6.18. The zero-order valence-electron chi connectivity index (χ0n) is 11.9. The van der Waals surface area contributed by atoms with Crippen molar-refractivity contribution in [2.75, 3.05) is 12.9 Å². The molecule has 0 aliphatic carbocycles. The van der Waals surface area contributed by atoms with Crippen molar-refractivity contribution in [3.05, 3.63) is 23.9 Å². The van der Waals surface area contributed by atoms with E-state index in [0.717, 1.165) is 11.4 Å². The SMILES string of the molecule is CSc1ccc(C(=O)NC(CO)CC(C)(C)C)cn1. The Morgan fingerprint density at radius 1 is 1.47 bits per heavy atom. The van der Waals surface area contributed by atoms with E-state index < -0.39 is 0 Å². The van der Waals surface area contributed by atoms with Gasteiger partial charge in [-0.1, -0.05) is 20.8 Å². The molecule has 106 valence electrons. The average Bonchev–Trinajstić information content (AvgIpc) is 2.36. The molecule has 1 amide bonds. The van der Waals surface area contributed by atoms with Gasteiger partial charge < -0.3 is 10.4 Å². The summed E-state index contributed by atoms with van der Waals surface area (Å²) in [7, 11) is 0. The van der Waals surface area contributed by atoms with Gasteiger partial charge in [0.05, 0.1) is 23.2 Å². The summed E-state index contributed by atoms with van der Waals surface area (Å²) in [5, 5.41) is 13.1. The second-order valence-electron chi connectivity index (χ2n) is 5.71. The van der Waals surface area contributed by atoms with E-state index in [1.165, 1.54) is 11.8 Å². The van der Waals surface area contributed by atoms with Gasteiger partial charge >= 0.3 is 0 Å². The Balaban J connectivity index is 2.66. The maximum atomic E-state index is 12.0. The lowest BCUT2D eigenvalue weighted by molar-refractivity contribution is 0.0897. The molecular weight excluding hydrogens is 260 g/mol. The van der Waals surface area contributed by atoms with E-state index in [1.807, 2.05) is 12.3 Å². The van der Waals surface area contributed by atoms with E-state index in [1.54, 1.807) is 12.3 Å². The molecule has 5 heteroatoms. The normalized spacial score (nSPS) is 13.1. The minimum atomic E-state index is -0.229. The van der Waals surface area contributed by atoms with Crippen LogP contribution in [0.25, 0.3) is 0 Å². The Bertz CT molecular complexity index is 412. The van der Waals surface area contributed by atoms with Crippen LogP contribution >= 0.6 is 11.8 Å². The first-order valence-electron chi connectivity index (χ1n) is 6.27. The molecule has 19 heavy (non-hydrogen) atoms. The molecule has 0 saturated carbocycles. The van der Waals surface area contributed by atoms with Crippen LogP contribution in [0.1, 0.15) is 37.6 Å². The number of pyridine rings is 1. The molecule has 1 aromatic rings. The molecule has 1 unspecified atom stereocenters. The predicted octanol–water partition coefficient (Wildman–Crippen LogP) is 2.33. The third kappa shape index (κ3) is 5.61. The number of aromatic nitrogens is 1. The maximum Gasteiger partial charge on any atom is 0.253 e. The lowest BCUT2D eigenvalue weighted by Crippen LogP contribution is -2.40. The molecule has 1 heterocycles. The molecule has 2 N–H and O–H groups in total. The van der Waals surface area contributed by atoms with Crippen LogP contribution in [0.3, 0.4) is 0 Å². The summed E-state index contributed by atoms with van der Waals surface area (Å²) in [5.41, 5.74) is 0.576. The van der Waals surface area contributed by atoms with Crippen molar-refractivity contribution in [3.8, 4) is 0 Å². The standard InChI is InChI=1S/C14H22N2O2S/c1-14(2,3)7-11(9-17)16-13(18)10-5-6-12(19-4)15-8-10/h5-6,8,11,17H,7,9H2,1-4H3,(H,16,18). The Hall–Kier alpha value is -1.07. The van der Waals surface area contributed by atoms with Crippen LogP contribution in [0, 0.1) is 5.41 Å². The van der Waals surface area contributed by atoms with Crippen molar-refractivity contribution in [3.63, 3.8) is 0 Å². The lowest BCUT2D eigenvalue weighted by Gasteiger charge is -2.25. The highest BCUT2D eigenvalue weighted by Crippen LogP contribution is 2.20. The summed E-state index contributed by atoms with van der Waals surface area (Å²) in [5.74, 6) is -0.191. The number of hydrogen-bond donors (Lipinski definition) is 2. The Labute approximate surface area is 119 Å². The van der Waals surface area contributed by atoms with Crippen LogP contribution in [-0.4, -0.2) is 34.9 Å². The molecule has 0 fully saturated rings. The van der Waals surface area contributed by atoms with E-state index in [0.29, 0.717) is 5.56 Å². The second kappa shape index (κ2) is 6.91. The van der Waals surface area contributed by atoms with E-state index >= 15 is 0 Å². The average molecular weight is 282 g/mol. The first-order chi connectivity index (χ1) is 8.85. The summed E-state index contributed by atoms with van der Waals surface area (Å²) in [4.78, 5) is 16.2. The summed E-state index contributed by atoms with van der Waals surface area (Å²) >= 11 is 1.53. The van der Waals surface area contributed by atoms with E-state index in [-0.39, 0.29) is 24.0 Å². The summed E-state index contributed by atoms with van der Waals surface area (Å²) in [6, 6.07) is 3.34. The van der Waals surface area contributed by atoms with Gasteiger partial charge in [0.1, 0.15) is 0 Å². The van der Waals surface area contributed by atoms with Crippen molar-refractivity contribution in [2.45, 2.75) is 38.3 Å². The number of aliphatic hydroxyl groups excluding tert-OH is 1. The largest absolute Gasteiger partial charge is 0.394 e. The molecule has 1 aromatic heterocycles. The van der Waals surface area contributed by atoms with Crippen molar-refractivity contribution < 1.29 is 9.90 Å². The van der Waals surface area contributed by atoms with Gasteiger partial charge in [-0.2, -0.15) is 0 Å². The van der Waals surface area contributed by atoms with Gasteiger partial charge in [-0.15, -0.1) is 11.8 Å². The van der Waals surface area contributed by atoms with E-state index in [4.69, 9.17) is 0 Å². The monoisotopic (exact) mass is 282 g/mol. The Kier molecular flexibility index (Phi) is 5.82. The number of nitrogens with zero attached hydrogens (tertiary/aromatic N) is 1. The minimum absolute atomic E-state index is 0.0562. The van der Waals surface area contributed by atoms with Crippen LogP contribution in [0.5, 0.6) is 0 Å². The maximum absolute atomic E-state index is 12.0. The van der Waals surface area contributed by atoms with E-state index in [2.05, 4.69) is 31.1 Å². The van der Waals surface area contributed by atoms with Gasteiger partial charge in [0, 0.05) is 6.20 Å². The van der Waals surface area contributed by atoms with Gasteiger partial charge in [-0.05, 0) is 30.2 Å². The fourth-order valence-corrected chi connectivity index (χ4v) is 2.17.